The lowest BCUT2D eigenvalue weighted by Crippen LogP contribution is -2.30. The van der Waals surface area contributed by atoms with Gasteiger partial charge in [0.1, 0.15) is 13.2 Å². The molecule has 0 aromatic rings. The van der Waals surface area contributed by atoms with E-state index in [1.807, 2.05) is 0 Å². The van der Waals surface area contributed by atoms with Gasteiger partial charge in [-0.2, -0.15) is 0 Å². The fraction of sp³-hybridized carbons (Fsp3) is 0.939. The lowest BCUT2D eigenvalue weighted by molar-refractivity contribution is -0.167. The molecule has 0 spiro atoms. The third-order valence-corrected chi connectivity index (χ3v) is 11.0. The molecule has 0 fully saturated rings. The Hall–Kier alpha value is -1.59. The maximum Gasteiger partial charge on any atom is 0.306 e. The Kier molecular flexibility index (Phi) is 42.3. The lowest BCUT2D eigenvalue weighted by atomic mass is 10.0. The Balaban J connectivity index is 4.27. The van der Waals surface area contributed by atoms with E-state index in [1.54, 1.807) is 0 Å². The molecule has 0 heterocycles. The van der Waals surface area contributed by atoms with E-state index in [9.17, 15) is 14.4 Å². The molecule has 55 heavy (non-hydrogen) atoms. The summed E-state index contributed by atoms with van der Waals surface area (Å²) in [4.78, 5) is 37.8. The fourth-order valence-electron chi connectivity index (χ4n) is 7.33. The van der Waals surface area contributed by atoms with Crippen LogP contribution < -0.4 is 0 Å². The van der Waals surface area contributed by atoms with Gasteiger partial charge in [0.05, 0.1) is 0 Å². The van der Waals surface area contributed by atoms with Crippen LogP contribution in [0.25, 0.3) is 0 Å². The topological polar surface area (TPSA) is 78.9 Å². The Labute approximate surface area is 342 Å². The van der Waals surface area contributed by atoms with E-state index in [-0.39, 0.29) is 31.1 Å². The summed E-state index contributed by atoms with van der Waals surface area (Å²) in [7, 11) is 0. The van der Waals surface area contributed by atoms with Gasteiger partial charge in [0, 0.05) is 19.3 Å². The van der Waals surface area contributed by atoms with Gasteiger partial charge in [0.15, 0.2) is 6.10 Å². The molecule has 0 saturated heterocycles. The zero-order valence-electron chi connectivity index (χ0n) is 37.4. The minimum absolute atomic E-state index is 0.0636. The quantitative estimate of drug-likeness (QED) is 0.0348. The number of ether oxygens (including phenoxy) is 3. The van der Waals surface area contributed by atoms with Crippen LogP contribution in [0.3, 0.4) is 0 Å². The van der Waals surface area contributed by atoms with Gasteiger partial charge in [-0.15, -0.1) is 0 Å². The molecule has 0 rings (SSSR count). The van der Waals surface area contributed by atoms with Crippen LogP contribution in [0.2, 0.25) is 0 Å². The second-order valence-corrected chi connectivity index (χ2v) is 17.2. The van der Waals surface area contributed by atoms with Crippen LogP contribution in [0.15, 0.2) is 0 Å². The van der Waals surface area contributed by atoms with Crippen molar-refractivity contribution in [1.29, 1.82) is 0 Å². The molecule has 0 unspecified atom stereocenters. The second kappa shape index (κ2) is 43.5. The molecular formula is C49H94O6. The van der Waals surface area contributed by atoms with Gasteiger partial charge in [-0.1, -0.05) is 233 Å². The molecule has 0 aliphatic heterocycles. The van der Waals surface area contributed by atoms with Crippen LogP contribution in [0.4, 0.5) is 0 Å². The average Bonchev–Trinajstić information content (AvgIpc) is 3.17. The van der Waals surface area contributed by atoms with Gasteiger partial charge in [-0.05, 0) is 25.2 Å². The van der Waals surface area contributed by atoms with E-state index in [2.05, 4.69) is 27.7 Å². The summed E-state index contributed by atoms with van der Waals surface area (Å²) in [5, 5.41) is 0. The van der Waals surface area contributed by atoms with Gasteiger partial charge >= 0.3 is 17.9 Å². The third-order valence-electron chi connectivity index (χ3n) is 11.0. The molecular weight excluding hydrogens is 685 g/mol. The Morgan fingerprint density at radius 1 is 0.345 bits per heavy atom. The number of hydrogen-bond acceptors (Lipinski definition) is 6. The highest BCUT2D eigenvalue weighted by Crippen LogP contribution is 2.16. The van der Waals surface area contributed by atoms with Crippen LogP contribution in [-0.4, -0.2) is 37.2 Å². The number of rotatable bonds is 44. The van der Waals surface area contributed by atoms with Crippen molar-refractivity contribution in [3.05, 3.63) is 0 Å². The first-order valence-corrected chi connectivity index (χ1v) is 24.4. The van der Waals surface area contributed by atoms with E-state index >= 15 is 0 Å². The molecule has 0 aliphatic carbocycles. The van der Waals surface area contributed by atoms with Crippen molar-refractivity contribution in [1.82, 2.24) is 0 Å². The van der Waals surface area contributed by atoms with Crippen LogP contribution >= 0.6 is 0 Å². The molecule has 0 aromatic carbocycles. The van der Waals surface area contributed by atoms with Crippen molar-refractivity contribution in [3.63, 3.8) is 0 Å². The van der Waals surface area contributed by atoms with Gasteiger partial charge < -0.3 is 14.2 Å². The highest BCUT2D eigenvalue weighted by molar-refractivity contribution is 5.71. The predicted molar refractivity (Wildman–Crippen MR) is 233 cm³/mol. The molecule has 0 bridgehead atoms. The van der Waals surface area contributed by atoms with Crippen molar-refractivity contribution in [3.8, 4) is 0 Å². The SMILES string of the molecule is CCCCCCCCCCCCCCCCCCC(=O)OC[C@@H](COC(=O)CCCCCCCCCCC(C)C)OC(=O)CCCCCCCCCCCC. The fourth-order valence-corrected chi connectivity index (χ4v) is 7.33. The Bertz CT molecular complexity index is 826. The normalized spacial score (nSPS) is 11.9. The largest absolute Gasteiger partial charge is 0.462 e. The summed E-state index contributed by atoms with van der Waals surface area (Å²) in [6.45, 7) is 8.97. The third kappa shape index (κ3) is 43.4. The number of carbonyl (C=O) groups excluding carboxylic acids is 3. The predicted octanol–water partition coefficient (Wildman–Crippen LogP) is 15.5. The van der Waals surface area contributed by atoms with Crippen molar-refractivity contribution in [2.75, 3.05) is 13.2 Å². The second-order valence-electron chi connectivity index (χ2n) is 17.2. The van der Waals surface area contributed by atoms with E-state index in [4.69, 9.17) is 14.2 Å². The monoisotopic (exact) mass is 779 g/mol. The number of esters is 3. The van der Waals surface area contributed by atoms with Gasteiger partial charge in [-0.25, -0.2) is 0 Å². The van der Waals surface area contributed by atoms with Crippen molar-refractivity contribution in [2.24, 2.45) is 5.92 Å². The van der Waals surface area contributed by atoms with Gasteiger partial charge in [0.25, 0.3) is 0 Å². The zero-order chi connectivity index (χ0) is 40.3. The molecule has 326 valence electrons. The molecule has 0 aliphatic rings. The first-order chi connectivity index (χ1) is 26.9. The summed E-state index contributed by atoms with van der Waals surface area (Å²) in [6, 6.07) is 0. The summed E-state index contributed by atoms with van der Waals surface area (Å²) in [5.74, 6) is -0.0557. The van der Waals surface area contributed by atoms with E-state index in [0.717, 1.165) is 63.7 Å². The number of carbonyl (C=O) groups is 3. The number of hydrogen-bond donors (Lipinski definition) is 0. The molecule has 1 atom stereocenters. The minimum atomic E-state index is -0.759. The molecule has 0 saturated carbocycles. The summed E-state index contributed by atoms with van der Waals surface area (Å²) in [6.07, 6.45) is 43.8. The Morgan fingerprint density at radius 3 is 0.891 bits per heavy atom. The maximum atomic E-state index is 12.7. The van der Waals surface area contributed by atoms with Crippen LogP contribution in [0, 0.1) is 5.92 Å². The molecule has 0 amide bonds. The van der Waals surface area contributed by atoms with Crippen LogP contribution in [-0.2, 0) is 28.6 Å². The molecule has 0 radical (unpaired) electrons. The summed E-state index contributed by atoms with van der Waals surface area (Å²) >= 11 is 0. The molecule has 0 N–H and O–H groups in total. The first-order valence-electron chi connectivity index (χ1n) is 24.4. The summed E-state index contributed by atoms with van der Waals surface area (Å²) in [5.41, 5.74) is 0. The maximum absolute atomic E-state index is 12.7. The average molecular weight is 779 g/mol. The van der Waals surface area contributed by atoms with E-state index in [0.29, 0.717) is 19.3 Å². The Morgan fingerprint density at radius 2 is 0.600 bits per heavy atom. The minimum Gasteiger partial charge on any atom is -0.462 e. The zero-order valence-corrected chi connectivity index (χ0v) is 37.4. The molecule has 6 nitrogen and oxygen atoms in total. The van der Waals surface area contributed by atoms with Crippen molar-refractivity contribution < 1.29 is 28.6 Å². The van der Waals surface area contributed by atoms with Gasteiger partial charge in [0.2, 0.25) is 0 Å². The van der Waals surface area contributed by atoms with E-state index in [1.165, 1.54) is 167 Å². The summed E-state index contributed by atoms with van der Waals surface area (Å²) < 4.78 is 16.7. The number of unbranched alkanes of at least 4 members (excludes halogenated alkanes) is 31. The van der Waals surface area contributed by atoms with Crippen molar-refractivity contribution >= 4 is 17.9 Å². The lowest BCUT2D eigenvalue weighted by Gasteiger charge is -2.18. The van der Waals surface area contributed by atoms with Gasteiger partial charge in [-0.3, -0.25) is 14.4 Å². The van der Waals surface area contributed by atoms with E-state index < -0.39 is 6.10 Å². The van der Waals surface area contributed by atoms with Crippen LogP contribution in [0.5, 0.6) is 0 Å². The highest BCUT2D eigenvalue weighted by atomic mass is 16.6. The van der Waals surface area contributed by atoms with Crippen LogP contribution in [0.1, 0.15) is 272 Å². The molecule has 6 heteroatoms. The standard InChI is InChI=1S/C49H94O6/c1-5-7-9-11-13-15-17-18-19-20-21-22-24-28-32-36-40-47(50)53-43-46(55-49(52)42-38-34-30-23-16-14-12-10-8-6-2)44-54-48(51)41-37-33-29-26-25-27-31-35-39-45(3)4/h45-46H,5-44H2,1-4H3/t46-/m0/s1. The molecule has 0 aromatic heterocycles. The highest BCUT2D eigenvalue weighted by Gasteiger charge is 2.19. The van der Waals surface area contributed by atoms with Crippen molar-refractivity contribution in [2.45, 2.75) is 278 Å². The first kappa shape index (κ1) is 53.4. The smallest absolute Gasteiger partial charge is 0.306 e.